The first-order valence-electron chi connectivity index (χ1n) is 10.3. The second-order valence-corrected chi connectivity index (χ2v) is 7.70. The third-order valence-electron chi connectivity index (χ3n) is 5.95. The van der Waals surface area contributed by atoms with Crippen LogP contribution >= 0.6 is 0 Å². The molecule has 2 fully saturated rings. The number of para-hydroxylation sites is 2. The molecule has 7 nitrogen and oxygen atoms in total. The van der Waals surface area contributed by atoms with Gasteiger partial charge < -0.3 is 19.7 Å². The van der Waals surface area contributed by atoms with Gasteiger partial charge >= 0.3 is 0 Å². The Labute approximate surface area is 169 Å². The monoisotopic (exact) mass is 391 g/mol. The summed E-state index contributed by atoms with van der Waals surface area (Å²) in [6.07, 6.45) is 1.89. The minimum absolute atomic E-state index is 0.305. The van der Waals surface area contributed by atoms with Crippen LogP contribution in [-0.4, -0.2) is 54.9 Å². The lowest BCUT2D eigenvalue weighted by atomic mass is 10.0. The van der Waals surface area contributed by atoms with Crippen molar-refractivity contribution in [3.63, 3.8) is 0 Å². The Kier molecular flexibility index (Phi) is 4.74. The van der Waals surface area contributed by atoms with Crippen LogP contribution in [0, 0.1) is 18.3 Å². The Morgan fingerprint density at radius 1 is 1.10 bits per heavy atom. The van der Waals surface area contributed by atoms with Gasteiger partial charge in [-0.1, -0.05) is 12.1 Å². The molecule has 4 heterocycles. The van der Waals surface area contributed by atoms with Crippen LogP contribution < -0.4 is 10.2 Å². The summed E-state index contributed by atoms with van der Waals surface area (Å²) in [7, 11) is 0. The summed E-state index contributed by atoms with van der Waals surface area (Å²) < 4.78 is 13.3. The number of nitrogens with one attached hydrogen (secondary N) is 1. The van der Waals surface area contributed by atoms with Crippen LogP contribution in [0.15, 0.2) is 24.3 Å². The number of benzene rings is 1. The lowest BCUT2D eigenvalue weighted by Crippen LogP contribution is -2.38. The quantitative estimate of drug-likeness (QED) is 0.740. The number of imidazole rings is 1. The minimum Gasteiger partial charge on any atom is -0.381 e. The lowest BCUT2D eigenvalue weighted by Gasteiger charge is -2.33. The molecule has 2 saturated heterocycles. The molecule has 5 rings (SSSR count). The number of fused-ring (bicyclic) bond motifs is 3. The van der Waals surface area contributed by atoms with Gasteiger partial charge in [0.2, 0.25) is 0 Å². The number of hydrogen-bond acceptors (Lipinski definition) is 6. The van der Waals surface area contributed by atoms with Crippen molar-refractivity contribution >= 4 is 28.2 Å². The first-order chi connectivity index (χ1) is 14.3. The molecule has 1 N–H and O–H groups in total. The molecular formula is C22H25N5O2. The predicted octanol–water partition coefficient (Wildman–Crippen LogP) is 3.10. The molecule has 2 aromatic heterocycles. The summed E-state index contributed by atoms with van der Waals surface area (Å²) in [4.78, 5) is 7.21. The Balaban J connectivity index is 1.76. The molecule has 0 bridgehead atoms. The van der Waals surface area contributed by atoms with Gasteiger partial charge in [0.05, 0.1) is 29.9 Å². The van der Waals surface area contributed by atoms with Crippen molar-refractivity contribution in [1.82, 2.24) is 9.38 Å². The molecule has 0 atom stereocenters. The van der Waals surface area contributed by atoms with E-state index in [0.29, 0.717) is 24.8 Å². The van der Waals surface area contributed by atoms with Crippen molar-refractivity contribution in [2.75, 3.05) is 49.7 Å². The first-order valence-corrected chi connectivity index (χ1v) is 10.3. The van der Waals surface area contributed by atoms with Gasteiger partial charge in [0.15, 0.2) is 5.65 Å². The number of pyridine rings is 1. The number of rotatable bonds is 3. The fourth-order valence-electron chi connectivity index (χ4n) is 4.47. The number of hydrogen-bond donors (Lipinski definition) is 1. The van der Waals surface area contributed by atoms with E-state index in [1.165, 1.54) is 0 Å². The number of morpholine rings is 1. The maximum Gasteiger partial charge on any atom is 0.159 e. The van der Waals surface area contributed by atoms with E-state index in [2.05, 4.69) is 33.7 Å². The standard InChI is InChI=1S/C22H25N5O2/c1-15-20(24-16-6-10-28-11-7-16)17(14-23)21-25-18-4-2-3-5-19(18)27(21)22(15)26-8-12-29-13-9-26/h2-5,16,24H,6-13H2,1H3. The van der Waals surface area contributed by atoms with Crippen molar-refractivity contribution in [3.05, 3.63) is 35.4 Å². The van der Waals surface area contributed by atoms with Crippen LogP contribution in [0.4, 0.5) is 11.5 Å². The van der Waals surface area contributed by atoms with Gasteiger partial charge in [-0.2, -0.15) is 5.26 Å². The molecule has 2 aliphatic rings. The van der Waals surface area contributed by atoms with Crippen LogP contribution in [0.5, 0.6) is 0 Å². The molecule has 0 radical (unpaired) electrons. The molecule has 2 aliphatic heterocycles. The van der Waals surface area contributed by atoms with E-state index in [9.17, 15) is 5.26 Å². The molecule has 7 heteroatoms. The van der Waals surface area contributed by atoms with Gasteiger partial charge in [-0.15, -0.1) is 0 Å². The number of aromatic nitrogens is 2. The predicted molar refractivity (Wildman–Crippen MR) is 113 cm³/mol. The van der Waals surface area contributed by atoms with E-state index in [-0.39, 0.29) is 0 Å². The number of nitriles is 1. The lowest BCUT2D eigenvalue weighted by molar-refractivity contribution is 0.0904. The molecule has 0 spiro atoms. The highest BCUT2D eigenvalue weighted by Gasteiger charge is 2.26. The van der Waals surface area contributed by atoms with Gasteiger partial charge in [-0.25, -0.2) is 4.98 Å². The van der Waals surface area contributed by atoms with E-state index in [4.69, 9.17) is 14.5 Å². The number of nitrogens with zero attached hydrogens (tertiary/aromatic N) is 4. The smallest absolute Gasteiger partial charge is 0.159 e. The zero-order valence-corrected chi connectivity index (χ0v) is 16.6. The summed E-state index contributed by atoms with van der Waals surface area (Å²) in [6, 6.07) is 10.8. The summed E-state index contributed by atoms with van der Waals surface area (Å²) in [5, 5.41) is 13.8. The van der Waals surface area contributed by atoms with E-state index < -0.39 is 0 Å². The zero-order chi connectivity index (χ0) is 19.8. The normalized spacial score (nSPS) is 18.3. The molecule has 29 heavy (non-hydrogen) atoms. The van der Waals surface area contributed by atoms with Gasteiger partial charge in [-0.05, 0) is 31.9 Å². The molecule has 1 aromatic carbocycles. The highest BCUT2D eigenvalue weighted by atomic mass is 16.5. The maximum absolute atomic E-state index is 10.1. The van der Waals surface area contributed by atoms with Crippen molar-refractivity contribution in [1.29, 1.82) is 5.26 Å². The van der Waals surface area contributed by atoms with Crippen LogP contribution in [0.2, 0.25) is 0 Å². The molecule has 3 aromatic rings. The van der Waals surface area contributed by atoms with Crippen molar-refractivity contribution in [3.8, 4) is 6.07 Å². The highest BCUT2D eigenvalue weighted by molar-refractivity contribution is 5.89. The van der Waals surface area contributed by atoms with Gasteiger partial charge in [0, 0.05) is 37.9 Å². The topological polar surface area (TPSA) is 74.8 Å². The first kappa shape index (κ1) is 18.2. The van der Waals surface area contributed by atoms with Crippen LogP contribution in [0.25, 0.3) is 16.7 Å². The molecule has 0 aliphatic carbocycles. The van der Waals surface area contributed by atoms with Gasteiger partial charge in [-0.3, -0.25) is 4.40 Å². The van der Waals surface area contributed by atoms with Crippen LogP contribution in [0.3, 0.4) is 0 Å². The Hall–Kier alpha value is -2.82. The third kappa shape index (κ3) is 3.09. The Bertz CT molecular complexity index is 1090. The summed E-state index contributed by atoms with van der Waals surface area (Å²) >= 11 is 0. The molecule has 0 unspecified atom stereocenters. The SMILES string of the molecule is Cc1c(NC2CCOCC2)c(C#N)c2nc3ccccc3n2c1N1CCOCC1. The number of ether oxygens (including phenoxy) is 2. The maximum atomic E-state index is 10.1. The number of anilines is 2. The summed E-state index contributed by atoms with van der Waals surface area (Å²) in [5.74, 6) is 1.10. The Morgan fingerprint density at radius 2 is 1.83 bits per heavy atom. The Morgan fingerprint density at radius 3 is 2.59 bits per heavy atom. The summed E-state index contributed by atoms with van der Waals surface area (Å²) in [5.41, 5.74) is 5.26. The average molecular weight is 391 g/mol. The second-order valence-electron chi connectivity index (χ2n) is 7.70. The van der Waals surface area contributed by atoms with E-state index in [1.807, 2.05) is 18.2 Å². The third-order valence-corrected chi connectivity index (χ3v) is 5.95. The molecule has 0 amide bonds. The highest BCUT2D eigenvalue weighted by Crippen LogP contribution is 2.37. The van der Waals surface area contributed by atoms with E-state index in [0.717, 1.165) is 72.9 Å². The van der Waals surface area contributed by atoms with Gasteiger partial charge in [0.25, 0.3) is 0 Å². The minimum atomic E-state index is 0.305. The van der Waals surface area contributed by atoms with Crippen LogP contribution in [0.1, 0.15) is 24.0 Å². The van der Waals surface area contributed by atoms with E-state index in [1.54, 1.807) is 0 Å². The van der Waals surface area contributed by atoms with Gasteiger partial charge in [0.1, 0.15) is 17.5 Å². The molecular weight excluding hydrogens is 366 g/mol. The van der Waals surface area contributed by atoms with E-state index >= 15 is 0 Å². The largest absolute Gasteiger partial charge is 0.381 e. The van der Waals surface area contributed by atoms with Crippen molar-refractivity contribution < 1.29 is 9.47 Å². The van der Waals surface area contributed by atoms with Crippen molar-refractivity contribution in [2.45, 2.75) is 25.8 Å². The van der Waals surface area contributed by atoms with Crippen molar-refractivity contribution in [2.24, 2.45) is 0 Å². The second kappa shape index (κ2) is 7.54. The molecule has 0 saturated carbocycles. The van der Waals surface area contributed by atoms with Crippen LogP contribution in [-0.2, 0) is 9.47 Å². The fraction of sp³-hybridized carbons (Fsp3) is 0.455. The summed E-state index contributed by atoms with van der Waals surface area (Å²) in [6.45, 7) is 6.68. The fourth-order valence-corrected chi connectivity index (χ4v) is 4.47. The zero-order valence-electron chi connectivity index (χ0n) is 16.6. The average Bonchev–Trinajstić information content (AvgIpc) is 3.15. The molecule has 150 valence electrons.